The summed E-state index contributed by atoms with van der Waals surface area (Å²) in [5, 5.41) is 14.4. The van der Waals surface area contributed by atoms with Crippen molar-refractivity contribution in [2.45, 2.75) is 12.5 Å². The molecule has 1 aliphatic heterocycles. The van der Waals surface area contributed by atoms with Gasteiger partial charge in [-0.25, -0.2) is 13.1 Å². The molecule has 0 radical (unpaired) electrons. The number of nitrogens with one attached hydrogen (secondary N) is 1. The number of hydrogen-bond acceptors (Lipinski definition) is 6. The summed E-state index contributed by atoms with van der Waals surface area (Å²) in [4.78, 5) is 0. The molecule has 1 unspecified atom stereocenters. The molecular weight excluding hydrogens is 256 g/mol. The second-order valence-electron chi connectivity index (χ2n) is 4.31. The highest BCUT2D eigenvalue weighted by atomic mass is 32.2. The van der Waals surface area contributed by atoms with E-state index in [1.54, 1.807) is 10.7 Å². The Balaban J connectivity index is 1.95. The summed E-state index contributed by atoms with van der Waals surface area (Å²) in [7, 11) is -2.96. The first kappa shape index (κ1) is 11.2. The van der Waals surface area contributed by atoms with E-state index in [-0.39, 0.29) is 17.5 Å². The van der Waals surface area contributed by atoms with Gasteiger partial charge in [0, 0.05) is 6.07 Å². The number of nitrogen functional groups attached to an aromatic ring is 1. The molecule has 3 N–H and O–H groups in total. The first-order valence-electron chi connectivity index (χ1n) is 5.47. The van der Waals surface area contributed by atoms with Gasteiger partial charge in [0.15, 0.2) is 9.84 Å². The second-order valence-corrected chi connectivity index (χ2v) is 6.54. The Kier molecular flexibility index (Phi) is 2.37. The number of H-pyrrole nitrogens is 1. The van der Waals surface area contributed by atoms with Crippen LogP contribution in [0.2, 0.25) is 0 Å². The van der Waals surface area contributed by atoms with E-state index in [4.69, 9.17) is 5.73 Å². The molecule has 1 fully saturated rings. The second kappa shape index (κ2) is 3.80. The van der Waals surface area contributed by atoms with Crippen LogP contribution >= 0.6 is 0 Å². The molecule has 2 aromatic heterocycles. The summed E-state index contributed by atoms with van der Waals surface area (Å²) in [6.45, 7) is 0. The van der Waals surface area contributed by atoms with Crippen molar-refractivity contribution in [3.05, 3.63) is 12.3 Å². The van der Waals surface area contributed by atoms with Gasteiger partial charge in [-0.1, -0.05) is 0 Å². The van der Waals surface area contributed by atoms with E-state index in [1.807, 2.05) is 0 Å². The number of nitrogens with zero attached hydrogens (tertiary/aromatic N) is 4. The fourth-order valence-electron chi connectivity index (χ4n) is 2.12. The van der Waals surface area contributed by atoms with Crippen LogP contribution in [0.15, 0.2) is 12.3 Å². The third-order valence-electron chi connectivity index (χ3n) is 3.00. The molecule has 0 aliphatic carbocycles. The molecule has 0 amide bonds. The molecule has 3 heterocycles. The van der Waals surface area contributed by atoms with Crippen molar-refractivity contribution in [1.82, 2.24) is 25.2 Å². The van der Waals surface area contributed by atoms with Crippen molar-refractivity contribution < 1.29 is 8.42 Å². The number of aromatic amines is 1. The monoisotopic (exact) mass is 268 g/mol. The van der Waals surface area contributed by atoms with Gasteiger partial charge in [0.1, 0.15) is 17.2 Å². The van der Waals surface area contributed by atoms with Gasteiger partial charge in [-0.15, -0.1) is 0 Å². The van der Waals surface area contributed by atoms with Crippen LogP contribution in [0.25, 0.3) is 11.4 Å². The van der Waals surface area contributed by atoms with Crippen molar-refractivity contribution in [3.8, 4) is 11.4 Å². The third kappa shape index (κ3) is 1.86. The maximum Gasteiger partial charge on any atom is 0.152 e. The summed E-state index contributed by atoms with van der Waals surface area (Å²) in [6, 6.07) is 1.48. The molecule has 8 nitrogen and oxygen atoms in total. The molecule has 0 bridgehead atoms. The van der Waals surface area contributed by atoms with Crippen molar-refractivity contribution >= 4 is 15.7 Å². The average molecular weight is 268 g/mol. The molecule has 1 aliphatic rings. The largest absolute Gasteiger partial charge is 0.384 e. The summed E-state index contributed by atoms with van der Waals surface area (Å²) >= 11 is 0. The van der Waals surface area contributed by atoms with E-state index in [2.05, 4.69) is 20.5 Å². The molecular formula is C9H12N6O2S. The van der Waals surface area contributed by atoms with Crippen molar-refractivity contribution in [2.75, 3.05) is 17.2 Å². The zero-order valence-corrected chi connectivity index (χ0v) is 10.3. The molecule has 96 valence electrons. The van der Waals surface area contributed by atoms with E-state index >= 15 is 0 Å². The van der Waals surface area contributed by atoms with E-state index in [0.717, 1.165) is 0 Å². The summed E-state index contributed by atoms with van der Waals surface area (Å²) < 4.78 is 24.5. The lowest BCUT2D eigenvalue weighted by atomic mass is 10.3. The molecule has 0 aromatic carbocycles. The van der Waals surface area contributed by atoms with Crippen LogP contribution in [-0.2, 0) is 9.84 Å². The maximum absolute atomic E-state index is 11.5. The number of sulfone groups is 1. The van der Waals surface area contributed by atoms with Crippen molar-refractivity contribution in [3.63, 3.8) is 0 Å². The maximum atomic E-state index is 11.5. The Hall–Kier alpha value is -1.90. The fraction of sp³-hybridized carbons (Fsp3) is 0.444. The first-order valence-corrected chi connectivity index (χ1v) is 7.29. The Labute approximate surface area is 103 Å². The van der Waals surface area contributed by atoms with Gasteiger partial charge in [0.2, 0.25) is 0 Å². The zero-order chi connectivity index (χ0) is 12.8. The Morgan fingerprint density at radius 2 is 2.28 bits per heavy atom. The predicted molar refractivity (Wildman–Crippen MR) is 64.3 cm³/mol. The Bertz CT molecular complexity index is 659. The van der Waals surface area contributed by atoms with E-state index in [1.165, 1.54) is 6.20 Å². The summed E-state index contributed by atoms with van der Waals surface area (Å²) in [5.74, 6) is 0.725. The van der Waals surface area contributed by atoms with Crippen molar-refractivity contribution in [1.29, 1.82) is 0 Å². The molecule has 3 rings (SSSR count). The lowest BCUT2D eigenvalue weighted by molar-refractivity contribution is 0.508. The minimum atomic E-state index is -2.96. The van der Waals surface area contributed by atoms with Crippen LogP contribution in [0.3, 0.4) is 0 Å². The van der Waals surface area contributed by atoms with E-state index in [9.17, 15) is 8.42 Å². The van der Waals surface area contributed by atoms with Gasteiger partial charge in [-0.3, -0.25) is 0 Å². The molecule has 0 spiro atoms. The van der Waals surface area contributed by atoms with Crippen LogP contribution in [-0.4, -0.2) is 45.1 Å². The molecule has 9 heteroatoms. The summed E-state index contributed by atoms with van der Waals surface area (Å²) in [5.41, 5.74) is 7.04. The number of anilines is 1. The highest BCUT2D eigenvalue weighted by molar-refractivity contribution is 7.91. The number of nitrogens with two attached hydrogens (primary N) is 1. The van der Waals surface area contributed by atoms with Gasteiger partial charge in [0.05, 0.1) is 23.7 Å². The molecule has 1 saturated heterocycles. The molecule has 18 heavy (non-hydrogen) atoms. The molecule has 0 saturated carbocycles. The standard InChI is InChI=1S/C9H12N6O2S/c10-9-3-7(8-4-11-14-12-8)13-15(9)6-1-2-18(16,17)5-6/h3-4,6H,1-2,5,10H2,(H,11,12,14). The SMILES string of the molecule is Nc1cc(-c2cn[nH]n2)nn1C1CCS(=O)(=O)C1. The fourth-order valence-corrected chi connectivity index (χ4v) is 3.81. The predicted octanol–water partition coefficient (Wildman–Crippen LogP) is -0.390. The zero-order valence-electron chi connectivity index (χ0n) is 9.44. The molecule has 1 atom stereocenters. The van der Waals surface area contributed by atoms with Crippen LogP contribution in [0.1, 0.15) is 12.5 Å². The van der Waals surface area contributed by atoms with Gasteiger partial charge in [-0.2, -0.15) is 20.5 Å². The minimum absolute atomic E-state index is 0.0944. The topological polar surface area (TPSA) is 120 Å². The Morgan fingerprint density at radius 3 is 2.89 bits per heavy atom. The van der Waals surface area contributed by atoms with Gasteiger partial charge in [0.25, 0.3) is 0 Å². The lowest BCUT2D eigenvalue weighted by Crippen LogP contribution is -2.14. The van der Waals surface area contributed by atoms with Crippen LogP contribution in [0.5, 0.6) is 0 Å². The number of hydrogen-bond donors (Lipinski definition) is 2. The van der Waals surface area contributed by atoms with Crippen LogP contribution < -0.4 is 5.73 Å². The lowest BCUT2D eigenvalue weighted by Gasteiger charge is -2.09. The van der Waals surface area contributed by atoms with Crippen molar-refractivity contribution in [2.24, 2.45) is 0 Å². The number of rotatable bonds is 2. The molecule has 2 aromatic rings. The quantitative estimate of drug-likeness (QED) is 0.765. The Morgan fingerprint density at radius 1 is 1.44 bits per heavy atom. The van der Waals surface area contributed by atoms with Gasteiger partial charge < -0.3 is 5.73 Å². The van der Waals surface area contributed by atoms with E-state index in [0.29, 0.717) is 23.6 Å². The third-order valence-corrected chi connectivity index (χ3v) is 4.75. The first-order chi connectivity index (χ1) is 8.55. The minimum Gasteiger partial charge on any atom is -0.384 e. The average Bonchev–Trinajstić information content (AvgIpc) is 2.97. The smallest absolute Gasteiger partial charge is 0.152 e. The normalized spacial score (nSPS) is 22.3. The van der Waals surface area contributed by atoms with Gasteiger partial charge in [-0.05, 0) is 6.42 Å². The van der Waals surface area contributed by atoms with E-state index < -0.39 is 9.84 Å². The highest BCUT2D eigenvalue weighted by Crippen LogP contribution is 2.27. The summed E-state index contributed by atoms with van der Waals surface area (Å²) in [6.07, 6.45) is 2.09. The number of aromatic nitrogens is 5. The van der Waals surface area contributed by atoms with Crippen LogP contribution in [0.4, 0.5) is 5.82 Å². The highest BCUT2D eigenvalue weighted by Gasteiger charge is 2.31. The van der Waals surface area contributed by atoms with Gasteiger partial charge >= 0.3 is 0 Å². The van der Waals surface area contributed by atoms with Crippen LogP contribution in [0, 0.1) is 0 Å².